The summed E-state index contributed by atoms with van der Waals surface area (Å²) >= 11 is 2.75. The molecule has 8 nitrogen and oxygen atoms in total. The maximum Gasteiger partial charge on any atom is 0.301 e. The van der Waals surface area contributed by atoms with Gasteiger partial charge in [0.25, 0.3) is 5.78 Å². The van der Waals surface area contributed by atoms with Gasteiger partial charge < -0.3 is 14.6 Å². The van der Waals surface area contributed by atoms with Crippen LogP contribution in [0.25, 0.3) is 5.76 Å². The summed E-state index contributed by atoms with van der Waals surface area (Å²) in [6.45, 7) is 6.36. The highest BCUT2D eigenvalue weighted by atomic mass is 32.2. The Morgan fingerprint density at radius 2 is 1.93 bits per heavy atom. The number of nitrogens with zero attached hydrogens (tertiary/aromatic N) is 3. The van der Waals surface area contributed by atoms with Crippen LogP contribution in [0.4, 0.5) is 5.13 Å². The molecule has 214 valence electrons. The zero-order chi connectivity index (χ0) is 29.4. The van der Waals surface area contributed by atoms with Gasteiger partial charge in [-0.2, -0.15) is 0 Å². The number of aliphatic hydroxyl groups excluding tert-OH is 1. The van der Waals surface area contributed by atoms with Crippen molar-refractivity contribution in [2.45, 2.75) is 49.4 Å². The average molecular weight is 600 g/mol. The number of aliphatic hydroxyl groups is 1. The van der Waals surface area contributed by atoms with Gasteiger partial charge in [0, 0.05) is 17.7 Å². The van der Waals surface area contributed by atoms with E-state index in [2.05, 4.69) is 34.5 Å². The quantitative estimate of drug-likeness (QED) is 0.0807. The second-order valence-electron chi connectivity index (χ2n) is 10.3. The summed E-state index contributed by atoms with van der Waals surface area (Å²) in [4.78, 5) is 28.6. The van der Waals surface area contributed by atoms with E-state index in [-0.39, 0.29) is 22.6 Å². The molecule has 0 aliphatic carbocycles. The van der Waals surface area contributed by atoms with Crippen molar-refractivity contribution < 1.29 is 24.2 Å². The van der Waals surface area contributed by atoms with Crippen molar-refractivity contribution >= 4 is 45.7 Å². The predicted octanol–water partition coefficient (Wildman–Crippen LogP) is 6.49. The Balaban J connectivity index is 1.39. The van der Waals surface area contributed by atoms with Gasteiger partial charge in [0.15, 0.2) is 4.34 Å². The number of hydrogen-bond donors (Lipinski definition) is 1. The van der Waals surface area contributed by atoms with Crippen molar-refractivity contribution in [2.75, 3.05) is 11.5 Å². The second-order valence-corrected chi connectivity index (χ2v) is 12.4. The number of ether oxygens (including phenoxy) is 2. The first-order valence-corrected chi connectivity index (χ1v) is 15.5. The van der Waals surface area contributed by atoms with Gasteiger partial charge in [-0.05, 0) is 67.8 Å². The van der Waals surface area contributed by atoms with Crippen LogP contribution in [-0.4, -0.2) is 39.7 Å². The lowest BCUT2D eigenvalue weighted by Gasteiger charge is -2.23. The summed E-state index contributed by atoms with van der Waals surface area (Å²) in [5, 5.41) is 20.5. The van der Waals surface area contributed by atoms with Crippen LogP contribution in [0.15, 0.2) is 76.6 Å². The number of aryl methyl sites for hydroxylation is 1. The number of anilines is 1. The number of thioether (sulfide) groups is 1. The van der Waals surface area contributed by atoms with E-state index in [9.17, 15) is 14.7 Å². The molecule has 1 saturated heterocycles. The predicted molar refractivity (Wildman–Crippen MR) is 163 cm³/mol. The second kappa shape index (κ2) is 11.6. The van der Waals surface area contributed by atoms with E-state index in [1.54, 1.807) is 24.3 Å². The van der Waals surface area contributed by atoms with Crippen LogP contribution in [0.2, 0.25) is 0 Å². The molecule has 0 radical (unpaired) electrons. The van der Waals surface area contributed by atoms with Gasteiger partial charge in [-0.1, -0.05) is 65.1 Å². The number of benzene rings is 3. The van der Waals surface area contributed by atoms with Gasteiger partial charge in [0.05, 0.1) is 18.2 Å². The Labute approximate surface area is 252 Å². The number of hydrogen-bond acceptors (Lipinski definition) is 9. The minimum absolute atomic E-state index is 0.00961. The number of aromatic nitrogens is 2. The Morgan fingerprint density at radius 1 is 1.12 bits per heavy atom. The van der Waals surface area contributed by atoms with Gasteiger partial charge in [0.2, 0.25) is 5.13 Å². The number of carbonyl (C=O) groups excluding carboxylic acids is 2. The molecule has 2 aliphatic rings. The first-order chi connectivity index (χ1) is 20.3. The zero-order valence-corrected chi connectivity index (χ0v) is 25.0. The van der Waals surface area contributed by atoms with Gasteiger partial charge in [-0.15, -0.1) is 10.2 Å². The summed E-state index contributed by atoms with van der Waals surface area (Å²) in [5.74, 6) is 0.236. The minimum atomic E-state index is -0.920. The molecule has 2 aliphatic heterocycles. The van der Waals surface area contributed by atoms with E-state index in [0.29, 0.717) is 40.0 Å². The first kappa shape index (κ1) is 28.0. The third kappa shape index (κ3) is 5.39. The highest BCUT2D eigenvalue weighted by molar-refractivity contribution is 8.00. The van der Waals surface area contributed by atoms with Crippen molar-refractivity contribution in [3.8, 4) is 11.5 Å². The molecule has 2 atom stereocenters. The molecule has 1 fully saturated rings. The molecule has 3 heterocycles. The van der Waals surface area contributed by atoms with E-state index in [1.807, 2.05) is 39.0 Å². The Hall–Kier alpha value is -4.15. The third-order valence-electron chi connectivity index (χ3n) is 7.18. The molecule has 6 rings (SSSR count). The lowest BCUT2D eigenvalue weighted by atomic mass is 9.94. The molecule has 0 spiro atoms. The molecule has 4 aromatic rings. The number of rotatable bonds is 8. The van der Waals surface area contributed by atoms with E-state index in [1.165, 1.54) is 33.6 Å². The Kier molecular flexibility index (Phi) is 7.74. The summed E-state index contributed by atoms with van der Waals surface area (Å²) in [5.41, 5.74) is 4.32. The fourth-order valence-corrected chi connectivity index (χ4v) is 7.02. The minimum Gasteiger partial charge on any atom is -0.507 e. The van der Waals surface area contributed by atoms with Gasteiger partial charge in [0.1, 0.15) is 23.4 Å². The maximum absolute atomic E-state index is 13.6. The van der Waals surface area contributed by atoms with Crippen LogP contribution in [0, 0.1) is 6.92 Å². The molecule has 0 bridgehead atoms. The molecule has 1 amide bonds. The van der Waals surface area contributed by atoms with E-state index in [4.69, 9.17) is 9.47 Å². The number of carbonyl (C=O) groups is 2. The van der Waals surface area contributed by atoms with Gasteiger partial charge >= 0.3 is 5.91 Å². The smallest absolute Gasteiger partial charge is 0.301 e. The van der Waals surface area contributed by atoms with Crippen molar-refractivity contribution in [3.63, 3.8) is 0 Å². The van der Waals surface area contributed by atoms with Gasteiger partial charge in [-0.25, -0.2) is 0 Å². The van der Waals surface area contributed by atoms with Crippen LogP contribution in [-0.2, 0) is 21.8 Å². The Morgan fingerprint density at radius 3 is 2.71 bits per heavy atom. The van der Waals surface area contributed by atoms with Crippen LogP contribution in [0.5, 0.6) is 11.5 Å². The monoisotopic (exact) mass is 599 g/mol. The van der Waals surface area contributed by atoms with Crippen LogP contribution in [0.3, 0.4) is 0 Å². The fraction of sp³-hybridized carbons (Fsp3) is 0.250. The molecular formula is C32H29N3O5S2. The number of Topliss-reactive ketones (excluding diaryl/α,β-unsaturated/α-hetero) is 1. The van der Waals surface area contributed by atoms with E-state index < -0.39 is 17.7 Å². The summed E-state index contributed by atoms with van der Waals surface area (Å²) in [7, 11) is 0. The van der Waals surface area contributed by atoms with Crippen molar-refractivity contribution in [2.24, 2.45) is 0 Å². The molecule has 1 N–H and O–H groups in total. The highest BCUT2D eigenvalue weighted by Crippen LogP contribution is 2.45. The number of ketones is 1. The number of amides is 1. The van der Waals surface area contributed by atoms with Crippen LogP contribution >= 0.6 is 23.1 Å². The largest absolute Gasteiger partial charge is 0.507 e. The molecule has 0 saturated carbocycles. The topological polar surface area (TPSA) is 102 Å². The highest BCUT2D eigenvalue weighted by Gasteiger charge is 2.48. The first-order valence-electron chi connectivity index (χ1n) is 13.7. The fourth-order valence-electron chi connectivity index (χ4n) is 5.20. The molecule has 1 aromatic heterocycles. The standard InChI is InChI=1S/C32H29N3O5S2/c1-4-39-24-7-5-6-21(16-24)27-26(28(36)22-12-13-25-23(15-22)14-19(3)40-25)29(37)30(38)35(27)31-33-34-32(42-31)41-17-20-10-8-18(2)9-11-20/h5-13,15-16,19,27,36H,4,14,17H2,1-3H3/b28-26+/t19-,27-/m0/s1. The SMILES string of the molecule is CCOc1cccc([C@H]2/C(=C(\O)c3ccc4c(c3)C[C@H](C)O4)C(=O)C(=O)N2c2nnc(SCc3ccc(C)cc3)s2)c1. The summed E-state index contributed by atoms with van der Waals surface area (Å²) in [6.07, 6.45) is 0.720. The van der Waals surface area contributed by atoms with E-state index >= 15 is 0 Å². The molecule has 3 aromatic carbocycles. The van der Waals surface area contributed by atoms with Crippen LogP contribution < -0.4 is 14.4 Å². The Bertz CT molecular complexity index is 1700. The maximum atomic E-state index is 13.6. The molecular weight excluding hydrogens is 571 g/mol. The van der Waals surface area contributed by atoms with E-state index in [0.717, 1.165) is 16.9 Å². The molecule has 0 unspecified atom stereocenters. The van der Waals surface area contributed by atoms with Crippen molar-refractivity contribution in [3.05, 3.63) is 100 Å². The normalized spacial score (nSPS) is 19.2. The van der Waals surface area contributed by atoms with Crippen molar-refractivity contribution in [1.29, 1.82) is 0 Å². The summed E-state index contributed by atoms with van der Waals surface area (Å²) < 4.78 is 12.2. The zero-order valence-electron chi connectivity index (χ0n) is 23.4. The lowest BCUT2D eigenvalue weighted by Crippen LogP contribution is -2.29. The lowest BCUT2D eigenvalue weighted by molar-refractivity contribution is -0.132. The van der Waals surface area contributed by atoms with Crippen molar-refractivity contribution in [1.82, 2.24) is 10.2 Å². The summed E-state index contributed by atoms with van der Waals surface area (Å²) in [6, 6.07) is 19.9. The van der Waals surface area contributed by atoms with Crippen LogP contribution in [0.1, 0.15) is 47.7 Å². The number of fused-ring (bicyclic) bond motifs is 1. The average Bonchev–Trinajstić information content (AvgIpc) is 3.67. The van der Waals surface area contributed by atoms with Gasteiger partial charge in [-0.3, -0.25) is 14.5 Å². The molecule has 42 heavy (non-hydrogen) atoms. The third-order valence-corrected chi connectivity index (χ3v) is 9.31. The molecule has 10 heteroatoms.